The summed E-state index contributed by atoms with van der Waals surface area (Å²) in [5.74, 6) is -1.73. The number of alkyl halides is 1. The normalized spacial score (nSPS) is 40.2. The molecule has 0 aromatic carbocycles. The van der Waals surface area contributed by atoms with Crippen LogP contribution in [0.3, 0.4) is 0 Å². The van der Waals surface area contributed by atoms with Crippen molar-refractivity contribution in [3.8, 4) is 0 Å². The summed E-state index contributed by atoms with van der Waals surface area (Å²) in [5.41, 5.74) is 0. The number of halogens is 1. The third-order valence-corrected chi connectivity index (χ3v) is 5.92. The monoisotopic (exact) mass is 422 g/mol. The van der Waals surface area contributed by atoms with Crippen molar-refractivity contribution in [2.24, 2.45) is 5.92 Å². The lowest BCUT2D eigenvalue weighted by Gasteiger charge is -2.29. The van der Waals surface area contributed by atoms with Gasteiger partial charge in [0.1, 0.15) is 17.0 Å². The molecule has 3 fully saturated rings. The van der Waals surface area contributed by atoms with Crippen molar-refractivity contribution in [2.45, 2.75) is 88.6 Å². The van der Waals surface area contributed by atoms with E-state index in [1.165, 1.54) is 0 Å². The summed E-state index contributed by atoms with van der Waals surface area (Å²) in [5, 5.41) is 0. The van der Waals surface area contributed by atoms with Crippen molar-refractivity contribution in [1.29, 1.82) is 0 Å². The Morgan fingerprint density at radius 1 is 1.08 bits per heavy atom. The van der Waals surface area contributed by atoms with Crippen molar-refractivity contribution in [2.75, 3.05) is 6.61 Å². The van der Waals surface area contributed by atoms with E-state index in [2.05, 4.69) is 15.9 Å². The number of carbonyl (C=O) groups excluding carboxylic acids is 1. The van der Waals surface area contributed by atoms with Gasteiger partial charge in [0.2, 0.25) is 0 Å². The number of hydrogen-bond acceptors (Lipinski definition) is 7. The highest BCUT2D eigenvalue weighted by Gasteiger charge is 2.60. The Hall–Kier alpha value is -0.250. The molecule has 7 nitrogen and oxygen atoms in total. The van der Waals surface area contributed by atoms with E-state index in [4.69, 9.17) is 28.4 Å². The van der Waals surface area contributed by atoms with Crippen LogP contribution in [-0.4, -0.2) is 59.7 Å². The standard InChI is InChI=1S/C17H27BrO7/c1-8(2)10(18)14(19)21-12-11(9-7-20-16(3,4)23-9)22-15-13(12)24-17(5,6)25-15/h8-13,15H,7H2,1-6H3/t9-,10+,11-,12+,13-,15-/m1/s1. The molecule has 0 spiro atoms. The van der Waals surface area contributed by atoms with Gasteiger partial charge in [-0.05, 0) is 33.6 Å². The van der Waals surface area contributed by atoms with Crippen LogP contribution >= 0.6 is 15.9 Å². The Balaban J connectivity index is 1.77. The molecule has 0 saturated carbocycles. The fraction of sp³-hybridized carbons (Fsp3) is 0.941. The first-order chi connectivity index (χ1) is 11.5. The third kappa shape index (κ3) is 4.04. The lowest BCUT2D eigenvalue weighted by molar-refractivity contribution is -0.235. The predicted octanol–water partition coefficient (Wildman–Crippen LogP) is 2.35. The van der Waals surface area contributed by atoms with Gasteiger partial charge in [0.25, 0.3) is 0 Å². The second-order valence-electron chi connectivity index (χ2n) is 7.98. The predicted molar refractivity (Wildman–Crippen MR) is 91.0 cm³/mol. The van der Waals surface area contributed by atoms with Gasteiger partial charge in [-0.3, -0.25) is 4.79 Å². The van der Waals surface area contributed by atoms with E-state index < -0.39 is 41.0 Å². The molecular formula is C17H27BrO7. The second kappa shape index (κ2) is 6.73. The van der Waals surface area contributed by atoms with Crippen molar-refractivity contribution in [3.05, 3.63) is 0 Å². The molecule has 144 valence electrons. The summed E-state index contributed by atoms with van der Waals surface area (Å²) < 4.78 is 35.1. The summed E-state index contributed by atoms with van der Waals surface area (Å²) in [6, 6.07) is 0. The summed E-state index contributed by atoms with van der Waals surface area (Å²) in [6.45, 7) is 11.5. The molecule has 0 amide bonds. The van der Waals surface area contributed by atoms with Crippen LogP contribution in [0.5, 0.6) is 0 Å². The van der Waals surface area contributed by atoms with Crippen LogP contribution in [0.25, 0.3) is 0 Å². The van der Waals surface area contributed by atoms with E-state index in [0.29, 0.717) is 6.61 Å². The highest BCUT2D eigenvalue weighted by Crippen LogP contribution is 2.42. The van der Waals surface area contributed by atoms with Crippen molar-refractivity contribution in [1.82, 2.24) is 0 Å². The highest BCUT2D eigenvalue weighted by atomic mass is 79.9. The molecule has 0 radical (unpaired) electrons. The molecule has 0 aromatic rings. The van der Waals surface area contributed by atoms with E-state index in [-0.39, 0.29) is 18.0 Å². The Labute approximate surface area is 156 Å². The number of carbonyl (C=O) groups is 1. The molecule has 0 aromatic heterocycles. The number of hydrogen-bond donors (Lipinski definition) is 0. The molecule has 8 heteroatoms. The van der Waals surface area contributed by atoms with Gasteiger partial charge >= 0.3 is 5.97 Å². The van der Waals surface area contributed by atoms with Gasteiger partial charge in [-0.2, -0.15) is 0 Å². The zero-order valence-corrected chi connectivity index (χ0v) is 17.1. The maximum absolute atomic E-state index is 12.5. The van der Waals surface area contributed by atoms with Gasteiger partial charge in [-0.25, -0.2) is 0 Å². The van der Waals surface area contributed by atoms with Gasteiger partial charge in [-0.15, -0.1) is 0 Å². The van der Waals surface area contributed by atoms with Crippen LogP contribution in [0.1, 0.15) is 41.5 Å². The van der Waals surface area contributed by atoms with E-state index in [9.17, 15) is 4.79 Å². The highest BCUT2D eigenvalue weighted by molar-refractivity contribution is 9.10. The van der Waals surface area contributed by atoms with Crippen LogP contribution in [0.2, 0.25) is 0 Å². The van der Waals surface area contributed by atoms with Crippen molar-refractivity contribution >= 4 is 21.9 Å². The SMILES string of the molecule is CC(C)[C@H](Br)C(=O)O[C@@H]1[C@H]2OC(C)(C)O[C@H]2O[C@@H]1[C@H]1COC(C)(C)O1. The Kier molecular flexibility index (Phi) is 5.25. The average molecular weight is 423 g/mol. The topological polar surface area (TPSA) is 72.5 Å². The second-order valence-corrected chi connectivity index (χ2v) is 8.97. The molecule has 0 aliphatic carbocycles. The van der Waals surface area contributed by atoms with Crippen molar-refractivity contribution in [3.63, 3.8) is 0 Å². The number of fused-ring (bicyclic) bond motifs is 1. The maximum atomic E-state index is 12.5. The number of rotatable bonds is 4. The molecule has 0 bridgehead atoms. The van der Waals surface area contributed by atoms with Crippen LogP contribution in [0.15, 0.2) is 0 Å². The van der Waals surface area contributed by atoms with Crippen molar-refractivity contribution < 1.29 is 33.2 Å². The van der Waals surface area contributed by atoms with Crippen LogP contribution < -0.4 is 0 Å². The Morgan fingerprint density at radius 2 is 1.76 bits per heavy atom. The molecule has 3 heterocycles. The fourth-order valence-corrected chi connectivity index (χ4v) is 3.39. The third-order valence-electron chi connectivity index (χ3n) is 4.49. The molecule has 3 aliphatic rings. The van der Waals surface area contributed by atoms with Gasteiger partial charge in [-0.1, -0.05) is 29.8 Å². The van der Waals surface area contributed by atoms with Crippen LogP contribution in [0.4, 0.5) is 0 Å². The largest absolute Gasteiger partial charge is 0.456 e. The lowest BCUT2D eigenvalue weighted by atomic mass is 10.1. The van der Waals surface area contributed by atoms with E-state index in [1.54, 1.807) is 0 Å². The van der Waals surface area contributed by atoms with E-state index >= 15 is 0 Å². The maximum Gasteiger partial charge on any atom is 0.320 e. The summed E-state index contributed by atoms with van der Waals surface area (Å²) in [6.07, 6.45) is -2.59. The van der Waals surface area contributed by atoms with Gasteiger partial charge in [0.15, 0.2) is 30.1 Å². The Morgan fingerprint density at radius 3 is 2.32 bits per heavy atom. The molecule has 3 saturated heterocycles. The summed E-state index contributed by atoms with van der Waals surface area (Å²) in [7, 11) is 0. The molecule has 0 N–H and O–H groups in total. The fourth-order valence-electron chi connectivity index (χ4n) is 3.29. The molecule has 0 unspecified atom stereocenters. The molecule has 25 heavy (non-hydrogen) atoms. The summed E-state index contributed by atoms with van der Waals surface area (Å²) in [4.78, 5) is 12.1. The molecule has 3 rings (SSSR count). The number of ether oxygens (including phenoxy) is 6. The molecule has 3 aliphatic heterocycles. The zero-order chi connectivity index (χ0) is 18.6. The lowest BCUT2D eigenvalue weighted by Crippen LogP contribution is -2.46. The molecule has 6 atom stereocenters. The average Bonchev–Trinajstić information content (AvgIpc) is 3.08. The first-order valence-electron chi connectivity index (χ1n) is 8.66. The first-order valence-corrected chi connectivity index (χ1v) is 9.58. The van der Waals surface area contributed by atoms with E-state index in [1.807, 2.05) is 41.5 Å². The van der Waals surface area contributed by atoms with E-state index in [0.717, 1.165) is 0 Å². The minimum Gasteiger partial charge on any atom is -0.456 e. The van der Waals surface area contributed by atoms with Crippen LogP contribution in [0, 0.1) is 5.92 Å². The quantitative estimate of drug-likeness (QED) is 0.508. The minimum atomic E-state index is -0.789. The zero-order valence-electron chi connectivity index (χ0n) is 15.5. The number of esters is 1. The van der Waals surface area contributed by atoms with Gasteiger partial charge in [0, 0.05) is 0 Å². The molecular weight excluding hydrogens is 396 g/mol. The smallest absolute Gasteiger partial charge is 0.320 e. The summed E-state index contributed by atoms with van der Waals surface area (Å²) >= 11 is 3.39. The minimum absolute atomic E-state index is 0.103. The first kappa shape index (κ1) is 19.5. The van der Waals surface area contributed by atoms with Gasteiger partial charge < -0.3 is 28.4 Å². The van der Waals surface area contributed by atoms with Crippen LogP contribution in [-0.2, 0) is 33.2 Å². The van der Waals surface area contributed by atoms with Gasteiger partial charge in [0.05, 0.1) is 6.61 Å². The Bertz CT molecular complexity index is 521.